The van der Waals surface area contributed by atoms with E-state index in [2.05, 4.69) is 25.5 Å². The number of hydrogen-bond donors (Lipinski definition) is 1. The molecule has 0 unspecified atom stereocenters. The Morgan fingerprint density at radius 3 is 3.08 bits per heavy atom. The predicted molar refractivity (Wildman–Crippen MR) is 88.2 cm³/mol. The second-order valence-corrected chi connectivity index (χ2v) is 6.26. The molecule has 1 aliphatic rings. The molecule has 1 atom stereocenters. The Labute approximate surface area is 140 Å². The van der Waals surface area contributed by atoms with Gasteiger partial charge in [-0.15, -0.1) is 0 Å². The molecule has 0 aliphatic carbocycles. The zero-order chi connectivity index (χ0) is 16.5. The highest BCUT2D eigenvalue weighted by atomic mass is 16.5. The van der Waals surface area contributed by atoms with E-state index in [1.54, 1.807) is 0 Å². The third-order valence-electron chi connectivity index (χ3n) is 4.25. The van der Waals surface area contributed by atoms with Crippen molar-refractivity contribution in [1.29, 1.82) is 0 Å². The molecule has 0 bridgehead atoms. The van der Waals surface area contributed by atoms with Gasteiger partial charge in [-0.2, -0.15) is 10.1 Å². The molecule has 3 aromatic rings. The first-order chi connectivity index (χ1) is 11.7. The van der Waals surface area contributed by atoms with Crippen molar-refractivity contribution in [2.45, 2.75) is 45.8 Å². The smallest absolute Gasteiger partial charge is 0.257 e. The van der Waals surface area contributed by atoms with Crippen LogP contribution in [0, 0.1) is 13.8 Å². The van der Waals surface area contributed by atoms with E-state index in [1.165, 1.54) is 5.56 Å². The van der Waals surface area contributed by atoms with E-state index in [1.807, 2.05) is 42.8 Å². The lowest BCUT2D eigenvalue weighted by atomic mass is 10.1. The van der Waals surface area contributed by atoms with Crippen LogP contribution in [0.4, 0.5) is 0 Å². The summed E-state index contributed by atoms with van der Waals surface area (Å²) in [5, 5.41) is 12.0. The molecule has 0 saturated carbocycles. The molecule has 124 valence electrons. The van der Waals surface area contributed by atoms with Crippen LogP contribution in [0.25, 0.3) is 11.5 Å². The fraction of sp³-hybridized carbons (Fsp3) is 0.412. The van der Waals surface area contributed by atoms with E-state index in [-0.39, 0.29) is 0 Å². The van der Waals surface area contributed by atoms with Gasteiger partial charge in [0.1, 0.15) is 11.6 Å². The first kappa shape index (κ1) is 15.0. The highest BCUT2D eigenvalue weighted by molar-refractivity contribution is 5.53. The van der Waals surface area contributed by atoms with Crippen molar-refractivity contribution < 1.29 is 4.52 Å². The van der Waals surface area contributed by atoms with E-state index in [4.69, 9.17) is 4.52 Å². The van der Waals surface area contributed by atoms with E-state index in [9.17, 15) is 0 Å². The van der Waals surface area contributed by atoms with Crippen molar-refractivity contribution in [1.82, 2.24) is 30.2 Å². The topological polar surface area (TPSA) is 81.7 Å². The minimum absolute atomic E-state index is 0.347. The first-order valence-electron chi connectivity index (χ1n) is 8.21. The van der Waals surface area contributed by atoms with Gasteiger partial charge in [0.05, 0.1) is 13.1 Å². The molecule has 0 saturated heterocycles. The van der Waals surface area contributed by atoms with E-state index in [0.717, 1.165) is 36.6 Å². The quantitative estimate of drug-likeness (QED) is 0.791. The molecule has 7 heteroatoms. The van der Waals surface area contributed by atoms with Gasteiger partial charge < -0.3 is 9.84 Å². The van der Waals surface area contributed by atoms with Crippen molar-refractivity contribution in [2.75, 3.05) is 0 Å². The van der Waals surface area contributed by atoms with Crippen LogP contribution in [-0.2, 0) is 19.5 Å². The Bertz CT molecular complexity index is 852. The standard InChI is InChI=1S/C17H20N6O/c1-11-4-3-5-13(8-11)17-20-15(22-24-17)9-18-14-6-7-16-19-12(2)21-23(16)10-14/h3-5,8,14,18H,6-7,9-10H2,1-2H3/t14-/m1/s1. The summed E-state index contributed by atoms with van der Waals surface area (Å²) < 4.78 is 7.37. The zero-order valence-electron chi connectivity index (χ0n) is 13.9. The molecule has 24 heavy (non-hydrogen) atoms. The van der Waals surface area contributed by atoms with Crippen LogP contribution in [0.5, 0.6) is 0 Å². The normalized spacial score (nSPS) is 17.0. The second-order valence-electron chi connectivity index (χ2n) is 6.26. The van der Waals surface area contributed by atoms with Crippen molar-refractivity contribution in [3.05, 3.63) is 47.3 Å². The van der Waals surface area contributed by atoms with Crippen molar-refractivity contribution in [2.24, 2.45) is 0 Å². The van der Waals surface area contributed by atoms with Gasteiger partial charge in [0.25, 0.3) is 5.89 Å². The lowest BCUT2D eigenvalue weighted by Crippen LogP contribution is -2.37. The Morgan fingerprint density at radius 2 is 2.21 bits per heavy atom. The number of nitrogens with one attached hydrogen (secondary N) is 1. The van der Waals surface area contributed by atoms with Crippen molar-refractivity contribution in [3.63, 3.8) is 0 Å². The number of fused-ring (bicyclic) bond motifs is 1. The maximum atomic E-state index is 5.38. The Balaban J connectivity index is 1.39. The maximum absolute atomic E-state index is 5.38. The summed E-state index contributed by atoms with van der Waals surface area (Å²) in [6.07, 6.45) is 1.99. The molecular weight excluding hydrogens is 304 g/mol. The van der Waals surface area contributed by atoms with Gasteiger partial charge in [-0.05, 0) is 32.4 Å². The highest BCUT2D eigenvalue weighted by Crippen LogP contribution is 2.18. The number of nitrogens with zero attached hydrogens (tertiary/aromatic N) is 5. The van der Waals surface area contributed by atoms with Crippen LogP contribution in [0.1, 0.15) is 29.5 Å². The highest BCUT2D eigenvalue weighted by Gasteiger charge is 2.21. The molecule has 0 spiro atoms. The van der Waals surface area contributed by atoms with Gasteiger partial charge in [-0.25, -0.2) is 9.67 Å². The average molecular weight is 324 g/mol. The summed E-state index contributed by atoms with van der Waals surface area (Å²) in [4.78, 5) is 8.91. The molecule has 1 N–H and O–H groups in total. The lowest BCUT2D eigenvalue weighted by molar-refractivity contribution is 0.350. The Morgan fingerprint density at radius 1 is 1.29 bits per heavy atom. The predicted octanol–water partition coefficient (Wildman–Crippen LogP) is 2.05. The van der Waals surface area contributed by atoms with Gasteiger partial charge in [0.15, 0.2) is 5.82 Å². The largest absolute Gasteiger partial charge is 0.334 e. The first-order valence-corrected chi connectivity index (χ1v) is 8.21. The monoisotopic (exact) mass is 324 g/mol. The Kier molecular flexibility index (Phi) is 3.86. The molecule has 0 amide bonds. The SMILES string of the molecule is Cc1cccc(-c2nc(CN[C@@H]3CCc4nc(C)nn4C3)no2)c1. The minimum atomic E-state index is 0.347. The van der Waals surface area contributed by atoms with Gasteiger partial charge in [-0.1, -0.05) is 22.9 Å². The summed E-state index contributed by atoms with van der Waals surface area (Å²) in [6.45, 7) is 5.40. The molecule has 0 radical (unpaired) electrons. The maximum Gasteiger partial charge on any atom is 0.257 e. The van der Waals surface area contributed by atoms with E-state index < -0.39 is 0 Å². The van der Waals surface area contributed by atoms with Gasteiger partial charge in [0, 0.05) is 18.0 Å². The third-order valence-corrected chi connectivity index (χ3v) is 4.25. The molecule has 1 aromatic carbocycles. The zero-order valence-corrected chi connectivity index (χ0v) is 13.9. The van der Waals surface area contributed by atoms with Gasteiger partial charge in [-0.3, -0.25) is 0 Å². The summed E-state index contributed by atoms with van der Waals surface area (Å²) >= 11 is 0. The summed E-state index contributed by atoms with van der Waals surface area (Å²) in [6, 6.07) is 8.41. The lowest BCUT2D eigenvalue weighted by Gasteiger charge is -2.22. The fourth-order valence-corrected chi connectivity index (χ4v) is 3.06. The fourth-order valence-electron chi connectivity index (χ4n) is 3.06. The van der Waals surface area contributed by atoms with Crippen LogP contribution in [0.3, 0.4) is 0 Å². The van der Waals surface area contributed by atoms with E-state index >= 15 is 0 Å². The number of hydrogen-bond acceptors (Lipinski definition) is 6. The van der Waals surface area contributed by atoms with Crippen molar-refractivity contribution >= 4 is 0 Å². The van der Waals surface area contributed by atoms with Crippen LogP contribution in [0.15, 0.2) is 28.8 Å². The summed E-state index contributed by atoms with van der Waals surface area (Å²) in [5.74, 6) is 3.15. The van der Waals surface area contributed by atoms with Crippen LogP contribution in [-0.4, -0.2) is 30.9 Å². The number of rotatable bonds is 4. The third kappa shape index (κ3) is 3.07. The Hall–Kier alpha value is -2.54. The van der Waals surface area contributed by atoms with Crippen LogP contribution in [0.2, 0.25) is 0 Å². The van der Waals surface area contributed by atoms with Crippen LogP contribution < -0.4 is 5.32 Å². The van der Waals surface area contributed by atoms with Gasteiger partial charge >= 0.3 is 0 Å². The average Bonchev–Trinajstić information content (AvgIpc) is 3.18. The number of benzene rings is 1. The van der Waals surface area contributed by atoms with Crippen molar-refractivity contribution in [3.8, 4) is 11.5 Å². The molecule has 2 aromatic heterocycles. The molecule has 4 rings (SSSR count). The molecule has 7 nitrogen and oxygen atoms in total. The second kappa shape index (κ2) is 6.16. The molecule has 3 heterocycles. The number of aryl methyl sites for hydroxylation is 3. The molecule has 0 fully saturated rings. The van der Waals surface area contributed by atoms with E-state index in [0.29, 0.717) is 24.3 Å². The molecular formula is C17H20N6O. The number of aromatic nitrogens is 5. The summed E-state index contributed by atoms with van der Waals surface area (Å²) in [7, 11) is 0. The minimum Gasteiger partial charge on any atom is -0.334 e. The van der Waals surface area contributed by atoms with Gasteiger partial charge in [0.2, 0.25) is 0 Å². The van der Waals surface area contributed by atoms with Crippen LogP contribution >= 0.6 is 0 Å². The summed E-state index contributed by atoms with van der Waals surface area (Å²) in [5.41, 5.74) is 2.13. The molecule has 1 aliphatic heterocycles.